The Morgan fingerprint density at radius 1 is 1.12 bits per heavy atom. The minimum absolute atomic E-state index is 0.0729. The highest BCUT2D eigenvalue weighted by atomic mass is 19.1. The number of hydrogen-bond acceptors (Lipinski definition) is 5. The number of nitrogens with one attached hydrogen (secondary N) is 1. The number of fused-ring (bicyclic) bond motifs is 1. The second kappa shape index (κ2) is 6.57. The SMILES string of the molecule is NCC(=O)N1CCn2nc(-c3ccc(F)cc3)c(-c3ccncc3)c2N1. The molecule has 1 aliphatic rings. The van der Waals surface area contributed by atoms with Crippen molar-refractivity contribution in [3.63, 3.8) is 0 Å². The first-order valence-electron chi connectivity index (χ1n) is 8.21. The lowest BCUT2D eigenvalue weighted by Gasteiger charge is -2.29. The summed E-state index contributed by atoms with van der Waals surface area (Å²) in [5.74, 6) is 0.200. The fraction of sp³-hybridized carbons (Fsp3) is 0.167. The van der Waals surface area contributed by atoms with Gasteiger partial charge in [0.1, 0.15) is 11.5 Å². The summed E-state index contributed by atoms with van der Waals surface area (Å²) in [6.07, 6.45) is 3.39. The van der Waals surface area contributed by atoms with Crippen LogP contribution in [0.1, 0.15) is 0 Å². The average molecular weight is 352 g/mol. The molecular formula is C18H17FN6O. The maximum atomic E-state index is 13.3. The first-order chi connectivity index (χ1) is 12.7. The Bertz CT molecular complexity index is 938. The van der Waals surface area contributed by atoms with Crippen molar-refractivity contribution in [3.8, 4) is 22.4 Å². The second-order valence-corrected chi connectivity index (χ2v) is 5.90. The molecule has 26 heavy (non-hydrogen) atoms. The molecule has 3 N–H and O–H groups in total. The molecule has 0 unspecified atom stereocenters. The number of nitrogens with zero attached hydrogens (tertiary/aromatic N) is 4. The largest absolute Gasteiger partial charge is 0.322 e. The van der Waals surface area contributed by atoms with Gasteiger partial charge in [-0.1, -0.05) is 0 Å². The molecule has 1 aromatic carbocycles. The van der Waals surface area contributed by atoms with Gasteiger partial charge in [0.2, 0.25) is 0 Å². The Balaban J connectivity index is 1.87. The zero-order valence-corrected chi connectivity index (χ0v) is 13.9. The van der Waals surface area contributed by atoms with E-state index in [9.17, 15) is 9.18 Å². The number of aromatic nitrogens is 3. The van der Waals surface area contributed by atoms with Gasteiger partial charge in [0.15, 0.2) is 5.82 Å². The molecule has 0 saturated carbocycles. The van der Waals surface area contributed by atoms with Gasteiger partial charge in [0.05, 0.1) is 25.2 Å². The van der Waals surface area contributed by atoms with E-state index in [0.717, 1.165) is 16.7 Å². The smallest absolute Gasteiger partial charge is 0.254 e. The topological polar surface area (TPSA) is 89.1 Å². The zero-order valence-electron chi connectivity index (χ0n) is 13.9. The molecule has 2 aromatic heterocycles. The van der Waals surface area contributed by atoms with Crippen LogP contribution in [0.25, 0.3) is 22.4 Å². The van der Waals surface area contributed by atoms with Crippen LogP contribution < -0.4 is 11.2 Å². The lowest BCUT2D eigenvalue weighted by atomic mass is 10.0. The number of rotatable bonds is 3. The van der Waals surface area contributed by atoms with Gasteiger partial charge in [-0.2, -0.15) is 5.10 Å². The van der Waals surface area contributed by atoms with Gasteiger partial charge in [-0.3, -0.25) is 20.2 Å². The predicted octanol–water partition coefficient (Wildman–Crippen LogP) is 1.88. The van der Waals surface area contributed by atoms with Crippen molar-refractivity contribution in [2.75, 3.05) is 18.5 Å². The lowest BCUT2D eigenvalue weighted by molar-refractivity contribution is -0.128. The van der Waals surface area contributed by atoms with E-state index >= 15 is 0 Å². The number of carbonyl (C=O) groups excluding carboxylic acids is 1. The summed E-state index contributed by atoms with van der Waals surface area (Å²) in [6.45, 7) is 0.924. The van der Waals surface area contributed by atoms with Crippen LogP contribution in [-0.4, -0.2) is 38.8 Å². The third kappa shape index (κ3) is 2.80. The Morgan fingerprint density at radius 3 is 2.54 bits per heavy atom. The number of hydrazine groups is 1. The number of anilines is 1. The Morgan fingerprint density at radius 2 is 1.85 bits per heavy atom. The molecule has 0 bridgehead atoms. The third-order valence-corrected chi connectivity index (χ3v) is 4.29. The van der Waals surface area contributed by atoms with Crippen LogP contribution in [0, 0.1) is 5.82 Å². The minimum Gasteiger partial charge on any atom is -0.322 e. The molecule has 0 radical (unpaired) electrons. The number of benzene rings is 1. The molecule has 0 aliphatic carbocycles. The highest BCUT2D eigenvalue weighted by Gasteiger charge is 2.27. The summed E-state index contributed by atoms with van der Waals surface area (Å²) in [4.78, 5) is 16.1. The van der Waals surface area contributed by atoms with Crippen LogP contribution in [0.3, 0.4) is 0 Å². The van der Waals surface area contributed by atoms with E-state index in [-0.39, 0.29) is 18.3 Å². The van der Waals surface area contributed by atoms with Crippen LogP contribution in [0.15, 0.2) is 48.8 Å². The van der Waals surface area contributed by atoms with Crippen LogP contribution >= 0.6 is 0 Å². The second-order valence-electron chi connectivity index (χ2n) is 5.90. The van der Waals surface area contributed by atoms with E-state index in [1.165, 1.54) is 17.1 Å². The summed E-state index contributed by atoms with van der Waals surface area (Å²) in [6, 6.07) is 9.93. The number of hydrogen-bond donors (Lipinski definition) is 2. The molecular weight excluding hydrogens is 335 g/mol. The molecule has 0 fully saturated rings. The fourth-order valence-corrected chi connectivity index (χ4v) is 3.01. The van der Waals surface area contributed by atoms with Crippen molar-refractivity contribution in [3.05, 3.63) is 54.6 Å². The van der Waals surface area contributed by atoms with E-state index in [0.29, 0.717) is 24.6 Å². The third-order valence-electron chi connectivity index (χ3n) is 4.29. The lowest BCUT2D eigenvalue weighted by Crippen LogP contribution is -2.45. The quantitative estimate of drug-likeness (QED) is 0.751. The standard InChI is InChI=1S/C18H17FN6O/c19-14-3-1-13(2-4-14)17-16(12-5-7-21-8-6-12)18-23-24(15(26)11-20)9-10-25(18)22-17/h1-8,23H,9-11,20H2. The molecule has 3 heterocycles. The molecule has 0 saturated heterocycles. The molecule has 0 atom stereocenters. The van der Waals surface area contributed by atoms with Crippen molar-refractivity contribution >= 4 is 11.7 Å². The van der Waals surface area contributed by atoms with Gasteiger partial charge in [-0.05, 0) is 42.0 Å². The number of halogens is 1. The minimum atomic E-state index is -0.305. The van der Waals surface area contributed by atoms with Crippen molar-refractivity contribution in [1.29, 1.82) is 0 Å². The van der Waals surface area contributed by atoms with Gasteiger partial charge >= 0.3 is 0 Å². The molecule has 3 aromatic rings. The summed E-state index contributed by atoms with van der Waals surface area (Å²) in [5, 5.41) is 6.18. The summed E-state index contributed by atoms with van der Waals surface area (Å²) in [7, 11) is 0. The molecule has 8 heteroatoms. The Kier molecular flexibility index (Phi) is 4.10. The molecule has 7 nitrogen and oxygen atoms in total. The van der Waals surface area contributed by atoms with Crippen LogP contribution in [0.4, 0.5) is 10.2 Å². The fourth-order valence-electron chi connectivity index (χ4n) is 3.01. The van der Waals surface area contributed by atoms with Crippen molar-refractivity contribution in [2.45, 2.75) is 6.54 Å². The average Bonchev–Trinajstić information content (AvgIpc) is 3.07. The van der Waals surface area contributed by atoms with Gasteiger partial charge in [-0.25, -0.2) is 9.07 Å². The number of pyridine rings is 1. The van der Waals surface area contributed by atoms with Gasteiger partial charge in [0, 0.05) is 18.0 Å². The van der Waals surface area contributed by atoms with E-state index in [1.807, 2.05) is 16.8 Å². The summed E-state index contributed by atoms with van der Waals surface area (Å²) < 4.78 is 15.1. The summed E-state index contributed by atoms with van der Waals surface area (Å²) >= 11 is 0. The zero-order chi connectivity index (χ0) is 18.1. The first kappa shape index (κ1) is 16.2. The normalized spacial score (nSPS) is 13.2. The van der Waals surface area contributed by atoms with Crippen molar-refractivity contribution < 1.29 is 9.18 Å². The summed E-state index contributed by atoms with van der Waals surface area (Å²) in [5.41, 5.74) is 11.8. The van der Waals surface area contributed by atoms with E-state index in [2.05, 4.69) is 15.5 Å². The highest BCUT2D eigenvalue weighted by molar-refractivity contribution is 5.90. The number of amides is 1. The monoisotopic (exact) mass is 352 g/mol. The molecule has 0 spiro atoms. The van der Waals surface area contributed by atoms with Gasteiger partial charge < -0.3 is 5.73 Å². The number of carbonyl (C=O) groups is 1. The predicted molar refractivity (Wildman–Crippen MR) is 95.2 cm³/mol. The molecule has 4 rings (SSSR count). The Hall–Kier alpha value is -3.26. The van der Waals surface area contributed by atoms with Crippen LogP contribution in [-0.2, 0) is 11.3 Å². The Labute approximate surface area is 149 Å². The molecule has 1 amide bonds. The highest BCUT2D eigenvalue weighted by Crippen LogP contribution is 2.38. The van der Waals surface area contributed by atoms with Crippen molar-refractivity contribution in [2.24, 2.45) is 5.73 Å². The van der Waals surface area contributed by atoms with E-state index < -0.39 is 0 Å². The molecule has 1 aliphatic heterocycles. The number of nitrogens with two attached hydrogens (primary N) is 1. The first-order valence-corrected chi connectivity index (χ1v) is 8.21. The van der Waals surface area contributed by atoms with Gasteiger partial charge in [0.25, 0.3) is 5.91 Å². The maximum absolute atomic E-state index is 13.3. The molecule has 132 valence electrons. The van der Waals surface area contributed by atoms with E-state index in [4.69, 9.17) is 5.73 Å². The van der Waals surface area contributed by atoms with E-state index in [1.54, 1.807) is 24.5 Å². The van der Waals surface area contributed by atoms with Crippen molar-refractivity contribution in [1.82, 2.24) is 19.8 Å². The van der Waals surface area contributed by atoms with Crippen LogP contribution in [0.5, 0.6) is 0 Å². The maximum Gasteiger partial charge on any atom is 0.254 e. The van der Waals surface area contributed by atoms with Crippen LogP contribution in [0.2, 0.25) is 0 Å². The van der Waals surface area contributed by atoms with Gasteiger partial charge in [-0.15, -0.1) is 0 Å².